The fraction of sp³-hybridized carbons (Fsp3) is 0.550. The molecular weight excluding hydrogens is 672 g/mol. The number of allylic oxidation sites excluding steroid dienone is 10. The van der Waals surface area contributed by atoms with Crippen LogP contribution in [0.2, 0.25) is 0 Å². The van der Waals surface area contributed by atoms with Gasteiger partial charge < -0.3 is 49.6 Å². The van der Waals surface area contributed by atoms with Crippen molar-refractivity contribution in [1.29, 1.82) is 0 Å². The fourth-order valence-corrected chi connectivity index (χ4v) is 8.43. The van der Waals surface area contributed by atoms with Crippen LogP contribution in [0.25, 0.3) is 0 Å². The number of esters is 2. The van der Waals surface area contributed by atoms with Gasteiger partial charge in [0.2, 0.25) is 0 Å². The molecular formula is C40H50O12. The van der Waals surface area contributed by atoms with Crippen LogP contribution < -0.4 is 0 Å². The number of carbonyl (C=O) groups excluding carboxylic acids is 2. The summed E-state index contributed by atoms with van der Waals surface area (Å²) in [4.78, 5) is 25.9. The Morgan fingerprint density at radius 2 is 1.29 bits per heavy atom. The molecule has 0 fully saturated rings. The summed E-state index contributed by atoms with van der Waals surface area (Å²) in [6.07, 6.45) is 14.0. The smallest absolute Gasteiger partial charge is 0.360 e. The molecule has 6 aliphatic rings. The minimum absolute atomic E-state index is 0.0917. The first-order valence-electron chi connectivity index (χ1n) is 18.1. The first-order valence-corrected chi connectivity index (χ1v) is 18.1. The Bertz CT molecular complexity index is 1660. The van der Waals surface area contributed by atoms with Crippen LogP contribution in [0.1, 0.15) is 59.8 Å². The Morgan fingerprint density at radius 1 is 0.750 bits per heavy atom. The minimum atomic E-state index is -1.87. The molecule has 12 heteroatoms. The van der Waals surface area contributed by atoms with Gasteiger partial charge in [-0.25, -0.2) is 0 Å². The van der Waals surface area contributed by atoms with E-state index >= 15 is 0 Å². The molecule has 6 rings (SSSR count). The van der Waals surface area contributed by atoms with Crippen molar-refractivity contribution < 1.29 is 59.2 Å². The molecule has 0 aromatic heterocycles. The lowest BCUT2D eigenvalue weighted by atomic mass is 9.74. The second-order valence-corrected chi connectivity index (χ2v) is 15.1. The summed E-state index contributed by atoms with van der Waals surface area (Å²) in [7, 11) is 0. The molecule has 0 saturated heterocycles. The summed E-state index contributed by atoms with van der Waals surface area (Å²) >= 11 is 0. The van der Waals surface area contributed by atoms with Gasteiger partial charge in [-0.3, -0.25) is 9.59 Å². The van der Waals surface area contributed by atoms with Crippen molar-refractivity contribution in [3.63, 3.8) is 0 Å². The van der Waals surface area contributed by atoms with E-state index in [-0.39, 0.29) is 36.5 Å². The van der Waals surface area contributed by atoms with Gasteiger partial charge in [0, 0.05) is 11.8 Å². The van der Waals surface area contributed by atoms with E-state index in [4.69, 9.17) is 18.9 Å². The van der Waals surface area contributed by atoms with Crippen LogP contribution in [0, 0.1) is 35.5 Å². The maximum Gasteiger partial charge on any atom is 0.360 e. The lowest BCUT2D eigenvalue weighted by Crippen LogP contribution is -2.39. The second-order valence-electron chi connectivity index (χ2n) is 15.1. The summed E-state index contributed by atoms with van der Waals surface area (Å²) in [6, 6.07) is 0. The summed E-state index contributed by atoms with van der Waals surface area (Å²) in [6.45, 7) is 3.85. The minimum Gasteiger partial charge on any atom is -0.436 e. The van der Waals surface area contributed by atoms with E-state index in [1.807, 2.05) is 45.9 Å². The summed E-state index contributed by atoms with van der Waals surface area (Å²) < 4.78 is 22.0. The van der Waals surface area contributed by atoms with Crippen molar-refractivity contribution in [2.24, 2.45) is 35.5 Å². The molecule has 12 nitrogen and oxygen atoms in total. The van der Waals surface area contributed by atoms with Crippen molar-refractivity contribution in [3.05, 3.63) is 93.9 Å². The number of rotatable bonds is 9. The van der Waals surface area contributed by atoms with Crippen molar-refractivity contribution in [1.82, 2.24) is 0 Å². The Kier molecular flexibility index (Phi) is 11.6. The third kappa shape index (κ3) is 8.44. The highest BCUT2D eigenvalue weighted by atomic mass is 16.8. The van der Waals surface area contributed by atoms with Crippen LogP contribution in [0.15, 0.2) is 93.9 Å². The number of carbonyl (C=O) groups is 2. The van der Waals surface area contributed by atoms with E-state index in [1.165, 1.54) is 0 Å². The Morgan fingerprint density at radius 3 is 1.81 bits per heavy atom. The normalized spacial score (nSPS) is 36.9. The maximum atomic E-state index is 12.9. The van der Waals surface area contributed by atoms with Crippen LogP contribution in [0.4, 0.5) is 0 Å². The van der Waals surface area contributed by atoms with Gasteiger partial charge in [0.25, 0.3) is 0 Å². The Labute approximate surface area is 303 Å². The monoisotopic (exact) mass is 722 g/mol. The first-order chi connectivity index (χ1) is 24.7. The number of fused-ring (bicyclic) bond motifs is 2. The highest BCUT2D eigenvalue weighted by Crippen LogP contribution is 2.40. The van der Waals surface area contributed by atoms with Crippen molar-refractivity contribution in [3.8, 4) is 0 Å². The quantitative estimate of drug-likeness (QED) is 0.151. The van der Waals surface area contributed by atoms with Crippen molar-refractivity contribution >= 4 is 11.9 Å². The molecule has 0 heterocycles. The molecule has 52 heavy (non-hydrogen) atoms. The molecule has 0 spiro atoms. The Balaban J connectivity index is 1.03. The zero-order chi connectivity index (χ0) is 37.4. The molecule has 0 aromatic rings. The van der Waals surface area contributed by atoms with Gasteiger partial charge in [-0.15, -0.1) is 0 Å². The van der Waals surface area contributed by atoms with Crippen LogP contribution in [0.5, 0.6) is 0 Å². The SMILES string of the molecule is CC1=CC(C2=CC(C)=C(OC(O)OC(=O)C3CC4CC(O)C=CC4=CC3O)C(C)C2)=CC(C)C1OC(O)OC(=O)C1CC2CC(O)C=CC2=CC1O. The number of ether oxygens (including phenoxy) is 4. The highest BCUT2D eigenvalue weighted by molar-refractivity contribution is 5.74. The van der Waals surface area contributed by atoms with Gasteiger partial charge in [0.05, 0.1) is 42.4 Å². The number of hydrogen-bond acceptors (Lipinski definition) is 12. The molecule has 0 amide bonds. The zero-order valence-electron chi connectivity index (χ0n) is 29.9. The molecule has 0 aromatic carbocycles. The number of hydrogen-bond donors (Lipinski definition) is 6. The lowest BCUT2D eigenvalue weighted by molar-refractivity contribution is -0.272. The number of aliphatic hydroxyl groups is 6. The fourth-order valence-electron chi connectivity index (χ4n) is 8.43. The van der Waals surface area contributed by atoms with E-state index < -0.39 is 67.2 Å². The predicted molar refractivity (Wildman–Crippen MR) is 187 cm³/mol. The average molecular weight is 723 g/mol. The van der Waals surface area contributed by atoms with E-state index in [0.717, 1.165) is 33.4 Å². The molecule has 0 bridgehead atoms. The average Bonchev–Trinajstić information content (AvgIpc) is 3.07. The van der Waals surface area contributed by atoms with Crippen LogP contribution in [-0.2, 0) is 28.5 Å². The lowest BCUT2D eigenvalue weighted by Gasteiger charge is -2.35. The van der Waals surface area contributed by atoms with E-state index in [2.05, 4.69) is 0 Å². The largest absolute Gasteiger partial charge is 0.436 e. The van der Waals surface area contributed by atoms with Crippen molar-refractivity contribution in [2.45, 2.75) is 103 Å². The molecule has 282 valence electrons. The Hall–Kier alpha value is -3.62. The summed E-state index contributed by atoms with van der Waals surface area (Å²) in [5.41, 5.74) is 5.26. The molecule has 6 N–H and O–H groups in total. The highest BCUT2D eigenvalue weighted by Gasteiger charge is 2.40. The summed E-state index contributed by atoms with van der Waals surface area (Å²) in [5.74, 6) is -3.44. The van der Waals surface area contributed by atoms with Crippen molar-refractivity contribution in [2.75, 3.05) is 0 Å². The molecule has 0 aliphatic heterocycles. The first kappa shape index (κ1) is 38.1. The third-order valence-electron chi connectivity index (χ3n) is 11.1. The number of aliphatic hydroxyl groups excluding tert-OH is 6. The van der Waals surface area contributed by atoms with Crippen LogP contribution >= 0.6 is 0 Å². The maximum absolute atomic E-state index is 12.9. The van der Waals surface area contributed by atoms with Gasteiger partial charge in [0.15, 0.2) is 0 Å². The van der Waals surface area contributed by atoms with E-state index in [1.54, 1.807) is 36.5 Å². The van der Waals surface area contributed by atoms with Gasteiger partial charge in [-0.05, 0) is 91.2 Å². The van der Waals surface area contributed by atoms with Crippen LogP contribution in [-0.4, -0.2) is 86.0 Å². The van der Waals surface area contributed by atoms with Gasteiger partial charge >= 0.3 is 24.9 Å². The van der Waals surface area contributed by atoms with Gasteiger partial charge in [-0.1, -0.05) is 68.5 Å². The third-order valence-corrected chi connectivity index (χ3v) is 11.1. The topological polar surface area (TPSA) is 192 Å². The molecule has 0 saturated carbocycles. The van der Waals surface area contributed by atoms with E-state index in [0.29, 0.717) is 25.0 Å². The standard InChI is InChI=1S/C40H50O12/c1-19-9-25(10-20(2)35(19)49-39(47)51-37(45)31-15-27-13-29(41)7-5-23(27)17-33(31)43)26-11-21(3)36(22(4)12-26)50-40(48)52-38(46)32-16-28-14-30(42)8-6-24(28)18-34(32)44/h5-11,17-19,22,27-35,39-44,47-48H,12-16H2,1-4H3. The molecule has 0 radical (unpaired) electrons. The van der Waals surface area contributed by atoms with E-state index in [9.17, 15) is 40.2 Å². The molecule has 13 atom stereocenters. The van der Waals surface area contributed by atoms with Crippen LogP contribution in [0.3, 0.4) is 0 Å². The summed E-state index contributed by atoms with van der Waals surface area (Å²) in [5, 5.41) is 62.3. The van der Waals surface area contributed by atoms with Gasteiger partial charge in [-0.2, -0.15) is 0 Å². The van der Waals surface area contributed by atoms with Gasteiger partial charge in [0.1, 0.15) is 5.76 Å². The molecule has 6 aliphatic carbocycles. The molecule has 13 unspecified atom stereocenters. The second kappa shape index (κ2) is 15.8. The predicted octanol–water partition coefficient (Wildman–Crippen LogP) is 3.28. The zero-order valence-corrected chi connectivity index (χ0v) is 29.9.